The molecule has 2 amide bonds. The summed E-state index contributed by atoms with van der Waals surface area (Å²) in [7, 11) is 0. The lowest BCUT2D eigenvalue weighted by Gasteiger charge is -2.15. The van der Waals surface area contributed by atoms with E-state index < -0.39 is 11.5 Å². The van der Waals surface area contributed by atoms with E-state index in [-0.39, 0.29) is 5.91 Å². The molecule has 0 atom stereocenters. The Bertz CT molecular complexity index is 538. The Morgan fingerprint density at radius 1 is 1.40 bits per heavy atom. The standard InChI is InChI=1S/C15H20N2O3/c1-4-20-14(19)16-8-7-10-5-6-12-11(9-10)15(2,3)13(18)17-12/h5-6,9H,4,7-8H2,1-3H3,(H,16,19)(H,17,18). The van der Waals surface area contributed by atoms with Gasteiger partial charge in [-0.05, 0) is 44.4 Å². The first kappa shape index (κ1) is 14.4. The van der Waals surface area contributed by atoms with E-state index >= 15 is 0 Å². The van der Waals surface area contributed by atoms with Gasteiger partial charge in [0, 0.05) is 12.2 Å². The maximum Gasteiger partial charge on any atom is 0.407 e. The second kappa shape index (κ2) is 5.53. The first-order chi connectivity index (χ1) is 9.45. The van der Waals surface area contributed by atoms with Gasteiger partial charge in [-0.3, -0.25) is 4.79 Å². The highest BCUT2D eigenvalue weighted by Gasteiger charge is 2.38. The van der Waals surface area contributed by atoms with Crippen molar-refractivity contribution < 1.29 is 14.3 Å². The molecule has 108 valence electrons. The highest BCUT2D eigenvalue weighted by atomic mass is 16.5. The number of hydrogen-bond acceptors (Lipinski definition) is 3. The Balaban J connectivity index is 2.01. The molecule has 0 aromatic heterocycles. The molecular formula is C15H20N2O3. The van der Waals surface area contributed by atoms with Crippen LogP contribution in [0, 0.1) is 0 Å². The number of carbonyl (C=O) groups is 2. The number of amides is 2. The first-order valence-corrected chi connectivity index (χ1v) is 6.80. The summed E-state index contributed by atoms with van der Waals surface area (Å²) in [5.74, 6) is 0.0225. The second-order valence-corrected chi connectivity index (χ2v) is 5.36. The fourth-order valence-corrected chi connectivity index (χ4v) is 2.26. The van der Waals surface area contributed by atoms with E-state index in [4.69, 9.17) is 4.74 Å². The van der Waals surface area contributed by atoms with Gasteiger partial charge in [-0.25, -0.2) is 4.79 Å². The monoisotopic (exact) mass is 276 g/mol. The third kappa shape index (κ3) is 2.76. The number of benzene rings is 1. The van der Waals surface area contributed by atoms with Crippen molar-refractivity contribution in [1.29, 1.82) is 0 Å². The number of anilines is 1. The summed E-state index contributed by atoms with van der Waals surface area (Å²) in [6.45, 7) is 6.47. The molecular weight excluding hydrogens is 256 g/mol. The number of ether oxygens (including phenoxy) is 1. The summed E-state index contributed by atoms with van der Waals surface area (Å²) >= 11 is 0. The summed E-state index contributed by atoms with van der Waals surface area (Å²) in [5.41, 5.74) is 2.48. The van der Waals surface area contributed by atoms with E-state index in [0.29, 0.717) is 19.6 Å². The average molecular weight is 276 g/mol. The molecule has 1 aromatic rings. The van der Waals surface area contributed by atoms with Gasteiger partial charge in [0.1, 0.15) is 0 Å². The zero-order chi connectivity index (χ0) is 14.8. The Hall–Kier alpha value is -2.04. The lowest BCUT2D eigenvalue weighted by atomic mass is 9.85. The van der Waals surface area contributed by atoms with Crippen LogP contribution < -0.4 is 10.6 Å². The molecule has 5 nitrogen and oxygen atoms in total. The molecule has 0 bridgehead atoms. The molecule has 0 spiro atoms. The minimum Gasteiger partial charge on any atom is -0.450 e. The van der Waals surface area contributed by atoms with Crippen LogP contribution in [0.3, 0.4) is 0 Å². The quantitative estimate of drug-likeness (QED) is 0.886. The van der Waals surface area contributed by atoms with E-state index in [0.717, 1.165) is 16.8 Å². The van der Waals surface area contributed by atoms with Gasteiger partial charge in [0.2, 0.25) is 5.91 Å². The number of hydrogen-bond donors (Lipinski definition) is 2. The summed E-state index contributed by atoms with van der Waals surface area (Å²) in [5, 5.41) is 5.56. The Morgan fingerprint density at radius 2 is 2.15 bits per heavy atom. The topological polar surface area (TPSA) is 67.4 Å². The molecule has 0 radical (unpaired) electrons. The van der Waals surface area contributed by atoms with Crippen LogP contribution in [0.1, 0.15) is 31.9 Å². The summed E-state index contributed by atoms with van der Waals surface area (Å²) in [4.78, 5) is 23.0. The molecule has 1 aliphatic rings. The Morgan fingerprint density at radius 3 is 2.85 bits per heavy atom. The molecule has 0 fully saturated rings. The van der Waals surface area contributed by atoms with Crippen molar-refractivity contribution >= 4 is 17.7 Å². The first-order valence-electron chi connectivity index (χ1n) is 6.80. The maximum absolute atomic E-state index is 11.9. The SMILES string of the molecule is CCOC(=O)NCCc1ccc2c(c1)C(C)(C)C(=O)N2. The summed E-state index contributed by atoms with van der Waals surface area (Å²) in [6, 6.07) is 5.91. The van der Waals surface area contributed by atoms with E-state index in [1.807, 2.05) is 32.0 Å². The Labute approximate surface area is 118 Å². The van der Waals surface area contributed by atoms with E-state index in [9.17, 15) is 9.59 Å². The van der Waals surface area contributed by atoms with Gasteiger partial charge in [0.25, 0.3) is 0 Å². The number of carbonyl (C=O) groups excluding carboxylic acids is 2. The minimum atomic E-state index is -0.500. The van der Waals surface area contributed by atoms with Crippen molar-refractivity contribution in [2.45, 2.75) is 32.6 Å². The lowest BCUT2D eigenvalue weighted by molar-refractivity contribution is -0.119. The zero-order valence-corrected chi connectivity index (χ0v) is 12.1. The van der Waals surface area contributed by atoms with Crippen LogP contribution >= 0.6 is 0 Å². The van der Waals surface area contributed by atoms with Crippen molar-refractivity contribution in [3.63, 3.8) is 0 Å². The number of nitrogens with one attached hydrogen (secondary N) is 2. The number of alkyl carbamates (subject to hydrolysis) is 1. The molecule has 2 N–H and O–H groups in total. The minimum absolute atomic E-state index is 0.0225. The largest absolute Gasteiger partial charge is 0.450 e. The van der Waals surface area contributed by atoms with Gasteiger partial charge in [-0.2, -0.15) is 0 Å². The molecule has 2 rings (SSSR count). The smallest absolute Gasteiger partial charge is 0.407 e. The molecule has 0 saturated carbocycles. The number of rotatable bonds is 4. The van der Waals surface area contributed by atoms with Gasteiger partial charge in [0.05, 0.1) is 12.0 Å². The van der Waals surface area contributed by atoms with Crippen LogP contribution in [0.4, 0.5) is 10.5 Å². The molecule has 0 unspecified atom stereocenters. The van der Waals surface area contributed by atoms with Crippen LogP contribution in [-0.4, -0.2) is 25.2 Å². The van der Waals surface area contributed by atoms with E-state index in [1.165, 1.54) is 0 Å². The van der Waals surface area contributed by atoms with E-state index in [1.54, 1.807) is 6.92 Å². The van der Waals surface area contributed by atoms with Gasteiger partial charge in [-0.15, -0.1) is 0 Å². The fraction of sp³-hybridized carbons (Fsp3) is 0.467. The third-order valence-electron chi connectivity index (χ3n) is 3.53. The van der Waals surface area contributed by atoms with Gasteiger partial charge in [0.15, 0.2) is 0 Å². The highest BCUT2D eigenvalue weighted by Crippen LogP contribution is 2.37. The van der Waals surface area contributed by atoms with Crippen molar-refractivity contribution in [3.8, 4) is 0 Å². The molecule has 1 aromatic carbocycles. The van der Waals surface area contributed by atoms with Gasteiger partial charge < -0.3 is 15.4 Å². The van der Waals surface area contributed by atoms with Crippen LogP contribution in [0.25, 0.3) is 0 Å². The number of fused-ring (bicyclic) bond motifs is 1. The third-order valence-corrected chi connectivity index (χ3v) is 3.53. The van der Waals surface area contributed by atoms with Crippen molar-refractivity contribution in [2.75, 3.05) is 18.5 Å². The molecule has 0 saturated heterocycles. The predicted molar refractivity (Wildman–Crippen MR) is 76.8 cm³/mol. The van der Waals surface area contributed by atoms with Crippen LogP contribution in [0.15, 0.2) is 18.2 Å². The molecule has 0 aliphatic carbocycles. The van der Waals surface area contributed by atoms with Crippen LogP contribution in [-0.2, 0) is 21.4 Å². The van der Waals surface area contributed by atoms with Crippen LogP contribution in [0.5, 0.6) is 0 Å². The Kier molecular flexibility index (Phi) is 3.97. The van der Waals surface area contributed by atoms with Crippen molar-refractivity contribution in [3.05, 3.63) is 29.3 Å². The molecule has 20 heavy (non-hydrogen) atoms. The summed E-state index contributed by atoms with van der Waals surface area (Å²) in [6.07, 6.45) is 0.307. The molecule has 1 aliphatic heterocycles. The maximum atomic E-state index is 11.9. The predicted octanol–water partition coefficient (Wildman–Crippen LogP) is 2.20. The van der Waals surface area contributed by atoms with Crippen molar-refractivity contribution in [1.82, 2.24) is 5.32 Å². The molecule has 5 heteroatoms. The normalized spacial score (nSPS) is 15.4. The fourth-order valence-electron chi connectivity index (χ4n) is 2.26. The average Bonchev–Trinajstić information content (AvgIpc) is 2.61. The van der Waals surface area contributed by atoms with Gasteiger partial charge in [-0.1, -0.05) is 12.1 Å². The lowest BCUT2D eigenvalue weighted by Crippen LogP contribution is -2.27. The second-order valence-electron chi connectivity index (χ2n) is 5.36. The molecule has 1 heterocycles. The van der Waals surface area contributed by atoms with Crippen molar-refractivity contribution in [2.24, 2.45) is 0 Å². The van der Waals surface area contributed by atoms with Crippen LogP contribution in [0.2, 0.25) is 0 Å². The van der Waals surface area contributed by atoms with Gasteiger partial charge >= 0.3 is 6.09 Å². The summed E-state index contributed by atoms with van der Waals surface area (Å²) < 4.78 is 4.80. The highest BCUT2D eigenvalue weighted by molar-refractivity contribution is 6.05. The zero-order valence-electron chi connectivity index (χ0n) is 12.1. The van der Waals surface area contributed by atoms with E-state index in [2.05, 4.69) is 10.6 Å².